The first-order valence-electron chi connectivity index (χ1n) is 6.47. The van der Waals surface area contributed by atoms with Crippen LogP contribution in [0.2, 0.25) is 0 Å². The van der Waals surface area contributed by atoms with Gasteiger partial charge >= 0.3 is 0 Å². The number of rotatable bonds is 7. The van der Waals surface area contributed by atoms with Crippen molar-refractivity contribution in [1.29, 1.82) is 0 Å². The lowest BCUT2D eigenvalue weighted by Gasteiger charge is -2.29. The Morgan fingerprint density at radius 1 is 1.27 bits per heavy atom. The van der Waals surface area contributed by atoms with E-state index < -0.39 is 5.60 Å². The summed E-state index contributed by atoms with van der Waals surface area (Å²) in [7, 11) is 0. The summed E-state index contributed by atoms with van der Waals surface area (Å²) in [6, 6.07) is 0. The van der Waals surface area contributed by atoms with Gasteiger partial charge in [-0.25, -0.2) is 0 Å². The quantitative estimate of drug-likeness (QED) is 0.660. The molecule has 1 aliphatic heterocycles. The number of hydrogen-bond donors (Lipinski definition) is 1. The largest absolute Gasteiger partial charge is 0.390 e. The van der Waals surface area contributed by atoms with Gasteiger partial charge in [0.1, 0.15) is 0 Å². The van der Waals surface area contributed by atoms with Crippen LogP contribution in [-0.4, -0.2) is 23.9 Å². The van der Waals surface area contributed by atoms with Crippen LogP contribution in [0.5, 0.6) is 0 Å². The normalized spacial score (nSPS) is 25.4. The number of aliphatic hydroxyl groups is 1. The molecule has 0 aliphatic carbocycles. The van der Waals surface area contributed by atoms with Crippen LogP contribution in [0, 0.1) is 5.92 Å². The monoisotopic (exact) mass is 214 g/mol. The molecule has 0 saturated carbocycles. The summed E-state index contributed by atoms with van der Waals surface area (Å²) >= 11 is 0. The summed E-state index contributed by atoms with van der Waals surface area (Å²) in [5, 5.41) is 10.3. The van der Waals surface area contributed by atoms with E-state index in [9.17, 15) is 5.11 Å². The predicted molar refractivity (Wildman–Crippen MR) is 62.9 cm³/mol. The molecule has 2 nitrogen and oxygen atoms in total. The van der Waals surface area contributed by atoms with E-state index in [2.05, 4.69) is 6.92 Å². The van der Waals surface area contributed by atoms with Gasteiger partial charge in [0.2, 0.25) is 0 Å². The van der Waals surface area contributed by atoms with E-state index in [0.29, 0.717) is 5.92 Å². The zero-order valence-electron chi connectivity index (χ0n) is 10.3. The molecule has 1 N–H and O–H groups in total. The van der Waals surface area contributed by atoms with Crippen molar-refractivity contribution in [2.75, 3.05) is 13.2 Å². The first-order chi connectivity index (χ1) is 7.17. The van der Waals surface area contributed by atoms with Gasteiger partial charge in [0.15, 0.2) is 0 Å². The maximum atomic E-state index is 10.3. The van der Waals surface area contributed by atoms with Gasteiger partial charge in [0.05, 0.1) is 12.2 Å². The second-order valence-electron chi connectivity index (χ2n) is 5.08. The fraction of sp³-hybridized carbons (Fsp3) is 1.00. The SMILES string of the molecule is CCCCCCCC(C)(O)C1CCOC1. The summed E-state index contributed by atoms with van der Waals surface area (Å²) in [6.07, 6.45) is 8.31. The van der Waals surface area contributed by atoms with E-state index in [1.54, 1.807) is 0 Å². The Balaban J connectivity index is 2.12. The highest BCUT2D eigenvalue weighted by atomic mass is 16.5. The Morgan fingerprint density at radius 3 is 2.60 bits per heavy atom. The molecule has 2 heteroatoms. The van der Waals surface area contributed by atoms with Gasteiger partial charge < -0.3 is 9.84 Å². The van der Waals surface area contributed by atoms with Crippen LogP contribution in [0.4, 0.5) is 0 Å². The van der Waals surface area contributed by atoms with Gasteiger partial charge in [-0.1, -0.05) is 39.0 Å². The summed E-state index contributed by atoms with van der Waals surface area (Å²) in [4.78, 5) is 0. The Kier molecular flexibility index (Phi) is 5.62. The van der Waals surface area contributed by atoms with Crippen molar-refractivity contribution in [2.45, 2.75) is 64.4 Å². The van der Waals surface area contributed by atoms with Crippen molar-refractivity contribution in [3.63, 3.8) is 0 Å². The summed E-state index contributed by atoms with van der Waals surface area (Å²) in [6.45, 7) is 5.79. The minimum Gasteiger partial charge on any atom is -0.390 e. The molecule has 2 atom stereocenters. The average Bonchev–Trinajstić information content (AvgIpc) is 2.70. The molecule has 1 fully saturated rings. The van der Waals surface area contributed by atoms with E-state index >= 15 is 0 Å². The Bertz CT molecular complexity index is 160. The Hall–Kier alpha value is -0.0800. The van der Waals surface area contributed by atoms with Crippen molar-refractivity contribution in [2.24, 2.45) is 5.92 Å². The van der Waals surface area contributed by atoms with Gasteiger partial charge in [-0.3, -0.25) is 0 Å². The smallest absolute Gasteiger partial charge is 0.0670 e. The highest BCUT2D eigenvalue weighted by Crippen LogP contribution is 2.30. The van der Waals surface area contributed by atoms with Crippen molar-refractivity contribution >= 4 is 0 Å². The molecule has 0 radical (unpaired) electrons. The summed E-state index contributed by atoms with van der Waals surface area (Å²) in [5.41, 5.74) is -0.497. The first kappa shape index (κ1) is 13.0. The topological polar surface area (TPSA) is 29.5 Å². The van der Waals surface area contributed by atoms with Crippen LogP contribution in [0.15, 0.2) is 0 Å². The predicted octanol–water partition coefficient (Wildman–Crippen LogP) is 3.13. The van der Waals surface area contributed by atoms with E-state index in [1.807, 2.05) is 6.92 Å². The number of ether oxygens (including phenoxy) is 1. The zero-order valence-corrected chi connectivity index (χ0v) is 10.3. The van der Waals surface area contributed by atoms with Crippen molar-refractivity contribution < 1.29 is 9.84 Å². The maximum Gasteiger partial charge on any atom is 0.0670 e. The maximum absolute atomic E-state index is 10.3. The summed E-state index contributed by atoms with van der Waals surface area (Å²) in [5.74, 6) is 0.365. The van der Waals surface area contributed by atoms with Gasteiger partial charge in [0, 0.05) is 12.5 Å². The molecule has 2 unspecified atom stereocenters. The standard InChI is InChI=1S/C13H26O2/c1-3-4-5-6-7-9-13(2,14)12-8-10-15-11-12/h12,14H,3-11H2,1-2H3. The van der Waals surface area contributed by atoms with Crippen LogP contribution in [-0.2, 0) is 4.74 Å². The first-order valence-corrected chi connectivity index (χ1v) is 6.47. The molecule has 15 heavy (non-hydrogen) atoms. The van der Waals surface area contributed by atoms with Crippen LogP contribution in [0.1, 0.15) is 58.8 Å². The lowest BCUT2D eigenvalue weighted by Crippen LogP contribution is -2.34. The second kappa shape index (κ2) is 6.49. The third kappa shape index (κ3) is 4.52. The molecular weight excluding hydrogens is 188 g/mol. The average molecular weight is 214 g/mol. The van der Waals surface area contributed by atoms with Crippen LogP contribution in [0.25, 0.3) is 0 Å². The molecule has 1 heterocycles. The Labute approximate surface area is 94.0 Å². The third-order valence-corrected chi connectivity index (χ3v) is 3.60. The minimum absolute atomic E-state index is 0.365. The molecule has 0 aromatic heterocycles. The fourth-order valence-corrected chi connectivity index (χ4v) is 2.32. The van der Waals surface area contributed by atoms with E-state index in [1.165, 1.54) is 25.7 Å². The number of hydrogen-bond acceptors (Lipinski definition) is 2. The van der Waals surface area contributed by atoms with Crippen molar-refractivity contribution in [1.82, 2.24) is 0 Å². The highest BCUT2D eigenvalue weighted by molar-refractivity contribution is 4.84. The van der Waals surface area contributed by atoms with E-state index in [0.717, 1.165) is 32.5 Å². The molecule has 0 amide bonds. The second-order valence-corrected chi connectivity index (χ2v) is 5.08. The molecule has 1 aliphatic rings. The molecule has 0 aromatic rings. The van der Waals surface area contributed by atoms with Crippen molar-refractivity contribution in [3.05, 3.63) is 0 Å². The zero-order chi connectivity index (χ0) is 11.1. The highest BCUT2D eigenvalue weighted by Gasteiger charge is 2.33. The Morgan fingerprint density at radius 2 is 2.00 bits per heavy atom. The molecule has 0 spiro atoms. The van der Waals surface area contributed by atoms with Crippen LogP contribution in [0.3, 0.4) is 0 Å². The molecule has 1 rings (SSSR count). The van der Waals surface area contributed by atoms with E-state index in [-0.39, 0.29) is 0 Å². The molecule has 1 saturated heterocycles. The van der Waals surface area contributed by atoms with Gasteiger partial charge in [-0.15, -0.1) is 0 Å². The van der Waals surface area contributed by atoms with Crippen LogP contribution >= 0.6 is 0 Å². The fourth-order valence-electron chi connectivity index (χ4n) is 2.32. The minimum atomic E-state index is -0.497. The molecule has 0 bridgehead atoms. The van der Waals surface area contributed by atoms with Gasteiger partial charge in [-0.05, 0) is 19.8 Å². The molecule has 90 valence electrons. The van der Waals surface area contributed by atoms with Gasteiger partial charge in [-0.2, -0.15) is 0 Å². The molecule has 0 aromatic carbocycles. The summed E-state index contributed by atoms with van der Waals surface area (Å²) < 4.78 is 5.33. The number of unbranched alkanes of at least 4 members (excludes halogenated alkanes) is 4. The van der Waals surface area contributed by atoms with E-state index in [4.69, 9.17) is 4.74 Å². The third-order valence-electron chi connectivity index (χ3n) is 3.60. The molecular formula is C13H26O2. The van der Waals surface area contributed by atoms with Crippen molar-refractivity contribution in [3.8, 4) is 0 Å². The van der Waals surface area contributed by atoms with Gasteiger partial charge in [0.25, 0.3) is 0 Å². The lowest BCUT2D eigenvalue weighted by atomic mass is 9.84. The van der Waals surface area contributed by atoms with Crippen LogP contribution < -0.4 is 0 Å². The lowest BCUT2D eigenvalue weighted by molar-refractivity contribution is -0.0142.